The largest absolute Gasteiger partial charge is 0.361 e. The third-order valence-corrected chi connectivity index (χ3v) is 4.13. The summed E-state index contributed by atoms with van der Waals surface area (Å²) in [5, 5.41) is 3.59. The van der Waals surface area contributed by atoms with Gasteiger partial charge in [0.25, 0.3) is 10.1 Å². The zero-order chi connectivity index (χ0) is 16.2. The molecule has 0 spiro atoms. The van der Waals surface area contributed by atoms with Gasteiger partial charge in [0.2, 0.25) is 5.91 Å². The number of amides is 1. The van der Waals surface area contributed by atoms with Crippen LogP contribution in [0.5, 0.6) is 0 Å². The monoisotopic (exact) mass is 325 g/mol. The summed E-state index contributed by atoms with van der Waals surface area (Å²) in [5.41, 5.74) is 7.81. The maximum atomic E-state index is 11.9. The molecule has 0 aliphatic rings. The van der Waals surface area contributed by atoms with Gasteiger partial charge < -0.3 is 16.0 Å². The molecular formula is C14H19N3O4S. The van der Waals surface area contributed by atoms with Crippen LogP contribution in [0.4, 0.5) is 0 Å². The number of hydrogen-bond donors (Lipinski definition) is 4. The van der Waals surface area contributed by atoms with Crippen molar-refractivity contribution in [3.8, 4) is 0 Å². The van der Waals surface area contributed by atoms with E-state index in [4.69, 9.17) is 10.3 Å². The molecule has 5 N–H and O–H groups in total. The molecule has 0 bridgehead atoms. The van der Waals surface area contributed by atoms with Crippen molar-refractivity contribution in [3.05, 3.63) is 36.0 Å². The van der Waals surface area contributed by atoms with Crippen molar-refractivity contribution in [1.29, 1.82) is 0 Å². The Kier molecular flexibility index (Phi) is 5.17. The molecule has 1 atom stereocenters. The Balaban J connectivity index is 1.86. The molecule has 2 aromatic rings. The molecule has 0 unspecified atom stereocenters. The minimum absolute atomic E-state index is 0.143. The molecule has 0 radical (unpaired) electrons. The van der Waals surface area contributed by atoms with E-state index in [9.17, 15) is 13.2 Å². The molecule has 8 heteroatoms. The SMILES string of the molecule is N[C@@H](Cc1c[nH]c2ccccc12)C(=O)NCCCS(=O)(=O)O. The maximum absolute atomic E-state index is 11.9. The molecule has 1 amide bonds. The molecule has 22 heavy (non-hydrogen) atoms. The minimum atomic E-state index is -3.99. The molecule has 1 heterocycles. The number of rotatable bonds is 7. The van der Waals surface area contributed by atoms with E-state index in [-0.39, 0.29) is 24.6 Å². The van der Waals surface area contributed by atoms with Crippen molar-refractivity contribution < 1.29 is 17.8 Å². The van der Waals surface area contributed by atoms with Crippen molar-refractivity contribution >= 4 is 26.9 Å². The lowest BCUT2D eigenvalue weighted by atomic mass is 10.1. The van der Waals surface area contributed by atoms with E-state index < -0.39 is 16.2 Å². The number of aromatic nitrogens is 1. The summed E-state index contributed by atoms with van der Waals surface area (Å²) in [4.78, 5) is 15.0. The van der Waals surface area contributed by atoms with Gasteiger partial charge in [-0.05, 0) is 24.5 Å². The molecule has 7 nitrogen and oxygen atoms in total. The van der Waals surface area contributed by atoms with Crippen LogP contribution in [0, 0.1) is 0 Å². The number of hydrogen-bond acceptors (Lipinski definition) is 4. The fraction of sp³-hybridized carbons (Fsp3) is 0.357. The maximum Gasteiger partial charge on any atom is 0.264 e. The van der Waals surface area contributed by atoms with E-state index in [1.54, 1.807) is 0 Å². The second kappa shape index (κ2) is 6.91. The quantitative estimate of drug-likeness (QED) is 0.434. The first-order chi connectivity index (χ1) is 10.4. The summed E-state index contributed by atoms with van der Waals surface area (Å²) < 4.78 is 29.7. The Labute approximate surface area is 128 Å². The van der Waals surface area contributed by atoms with Crippen molar-refractivity contribution in [2.24, 2.45) is 5.73 Å². The molecule has 0 saturated heterocycles. The predicted octanol–water partition coefficient (Wildman–Crippen LogP) is 0.432. The van der Waals surface area contributed by atoms with Crippen molar-refractivity contribution in [1.82, 2.24) is 10.3 Å². The van der Waals surface area contributed by atoms with Gasteiger partial charge >= 0.3 is 0 Å². The number of para-hydroxylation sites is 1. The van der Waals surface area contributed by atoms with Crippen LogP contribution in [0.15, 0.2) is 30.5 Å². The first-order valence-electron chi connectivity index (χ1n) is 6.90. The van der Waals surface area contributed by atoms with Gasteiger partial charge in [-0.2, -0.15) is 8.42 Å². The summed E-state index contributed by atoms with van der Waals surface area (Å²) in [7, 11) is -3.99. The van der Waals surface area contributed by atoms with Crippen LogP contribution in [-0.2, 0) is 21.3 Å². The van der Waals surface area contributed by atoms with Crippen LogP contribution in [0.1, 0.15) is 12.0 Å². The molecule has 0 aliphatic carbocycles. The van der Waals surface area contributed by atoms with Crippen LogP contribution in [0.2, 0.25) is 0 Å². The van der Waals surface area contributed by atoms with E-state index in [2.05, 4.69) is 10.3 Å². The van der Waals surface area contributed by atoms with Gasteiger partial charge in [-0.25, -0.2) is 0 Å². The number of benzene rings is 1. The molecule has 1 aromatic heterocycles. The highest BCUT2D eigenvalue weighted by Crippen LogP contribution is 2.18. The number of fused-ring (bicyclic) bond motifs is 1. The highest BCUT2D eigenvalue weighted by atomic mass is 32.2. The van der Waals surface area contributed by atoms with Gasteiger partial charge in [0, 0.05) is 23.6 Å². The number of carbonyl (C=O) groups excluding carboxylic acids is 1. The Hall–Kier alpha value is -1.90. The normalized spacial score (nSPS) is 13.2. The van der Waals surface area contributed by atoms with Gasteiger partial charge in [-0.3, -0.25) is 9.35 Å². The smallest absolute Gasteiger partial charge is 0.264 e. The fourth-order valence-corrected chi connectivity index (χ4v) is 2.74. The zero-order valence-electron chi connectivity index (χ0n) is 12.0. The Morgan fingerprint density at radius 2 is 2.09 bits per heavy atom. The van der Waals surface area contributed by atoms with Crippen LogP contribution in [-0.4, -0.2) is 42.2 Å². The fourth-order valence-electron chi connectivity index (χ4n) is 2.23. The zero-order valence-corrected chi connectivity index (χ0v) is 12.8. The summed E-state index contributed by atoms with van der Waals surface area (Å²) in [5.74, 6) is -0.731. The molecular weight excluding hydrogens is 306 g/mol. The van der Waals surface area contributed by atoms with Crippen LogP contribution >= 0.6 is 0 Å². The van der Waals surface area contributed by atoms with Crippen molar-refractivity contribution in [3.63, 3.8) is 0 Å². The second-order valence-electron chi connectivity index (χ2n) is 5.10. The second-order valence-corrected chi connectivity index (χ2v) is 6.67. The lowest BCUT2D eigenvalue weighted by Crippen LogP contribution is -2.42. The van der Waals surface area contributed by atoms with E-state index in [0.717, 1.165) is 16.5 Å². The summed E-state index contributed by atoms with van der Waals surface area (Å²) >= 11 is 0. The minimum Gasteiger partial charge on any atom is -0.361 e. The Morgan fingerprint density at radius 3 is 2.82 bits per heavy atom. The molecule has 0 saturated carbocycles. The highest BCUT2D eigenvalue weighted by molar-refractivity contribution is 7.85. The third kappa shape index (κ3) is 4.55. The van der Waals surface area contributed by atoms with Gasteiger partial charge in [0.05, 0.1) is 11.8 Å². The van der Waals surface area contributed by atoms with E-state index >= 15 is 0 Å². The van der Waals surface area contributed by atoms with Gasteiger partial charge in [-0.1, -0.05) is 18.2 Å². The number of nitrogens with two attached hydrogens (primary N) is 1. The van der Waals surface area contributed by atoms with Crippen molar-refractivity contribution in [2.45, 2.75) is 18.9 Å². The lowest BCUT2D eigenvalue weighted by molar-refractivity contribution is -0.122. The lowest BCUT2D eigenvalue weighted by Gasteiger charge is -2.11. The molecule has 120 valence electrons. The summed E-state index contributed by atoms with van der Waals surface area (Å²) in [6, 6.07) is 7.02. The number of aromatic amines is 1. The molecule has 1 aromatic carbocycles. The van der Waals surface area contributed by atoms with Crippen LogP contribution in [0.25, 0.3) is 10.9 Å². The van der Waals surface area contributed by atoms with E-state index in [1.807, 2.05) is 30.5 Å². The predicted molar refractivity (Wildman–Crippen MR) is 84.0 cm³/mol. The van der Waals surface area contributed by atoms with Gasteiger partial charge in [-0.15, -0.1) is 0 Å². The molecule has 2 rings (SSSR count). The van der Waals surface area contributed by atoms with E-state index in [1.165, 1.54) is 0 Å². The van der Waals surface area contributed by atoms with Gasteiger partial charge in [0.15, 0.2) is 0 Å². The highest BCUT2D eigenvalue weighted by Gasteiger charge is 2.16. The standard InChI is InChI=1S/C14H19N3O4S/c15-12(14(18)16-6-3-7-22(19,20)21)8-10-9-17-13-5-2-1-4-11(10)13/h1-2,4-5,9,12,17H,3,6-8,15H2,(H,16,18)(H,19,20,21)/t12-/m0/s1. The summed E-state index contributed by atoms with van der Waals surface area (Å²) in [6.07, 6.45) is 2.36. The van der Waals surface area contributed by atoms with Gasteiger partial charge in [0.1, 0.15) is 0 Å². The number of carbonyl (C=O) groups is 1. The van der Waals surface area contributed by atoms with Crippen LogP contribution < -0.4 is 11.1 Å². The first-order valence-corrected chi connectivity index (χ1v) is 8.51. The average molecular weight is 325 g/mol. The number of nitrogens with one attached hydrogen (secondary N) is 2. The van der Waals surface area contributed by atoms with E-state index in [0.29, 0.717) is 6.42 Å². The Morgan fingerprint density at radius 1 is 1.36 bits per heavy atom. The summed E-state index contributed by atoms with van der Waals surface area (Å²) in [6.45, 7) is 0.153. The number of H-pyrrole nitrogens is 1. The van der Waals surface area contributed by atoms with Crippen molar-refractivity contribution in [2.75, 3.05) is 12.3 Å². The molecule has 0 aliphatic heterocycles. The topological polar surface area (TPSA) is 125 Å². The third-order valence-electron chi connectivity index (χ3n) is 3.33. The molecule has 0 fully saturated rings. The first kappa shape index (κ1) is 16.5. The Bertz CT molecular complexity index is 754. The van der Waals surface area contributed by atoms with Crippen LogP contribution in [0.3, 0.4) is 0 Å². The average Bonchev–Trinajstić information content (AvgIpc) is 2.86.